The second kappa shape index (κ2) is 42.0. The van der Waals surface area contributed by atoms with Crippen molar-refractivity contribution < 1.29 is 114 Å². The zero-order valence-electron chi connectivity index (χ0n) is 50.7. The van der Waals surface area contributed by atoms with Gasteiger partial charge in [-0.1, -0.05) is 167 Å². The molecule has 0 spiro atoms. The summed E-state index contributed by atoms with van der Waals surface area (Å²) >= 11 is 0. The Morgan fingerprint density at radius 1 is 0.459 bits per heavy atom. The highest BCUT2D eigenvalue weighted by atomic mass is 16.8. The summed E-state index contributed by atoms with van der Waals surface area (Å²) in [6, 6.07) is -2.53. The van der Waals surface area contributed by atoms with Gasteiger partial charge in [0, 0.05) is 13.3 Å². The Morgan fingerprint density at radius 2 is 0.859 bits per heavy atom. The van der Waals surface area contributed by atoms with E-state index in [1.807, 2.05) is 6.08 Å². The number of ether oxygens (including phenoxy) is 8. The number of carbonyl (C=O) groups excluding carboxylic acids is 2. The van der Waals surface area contributed by atoms with Gasteiger partial charge in [0.15, 0.2) is 25.2 Å². The van der Waals surface area contributed by atoms with Gasteiger partial charge in [-0.2, -0.15) is 0 Å². The van der Waals surface area contributed by atoms with Crippen LogP contribution in [0, 0.1) is 0 Å². The standard InChI is InChI=1S/C60H110N2O23/c1-4-6-8-10-12-14-16-18-20-22-24-26-28-30-39(68)38(62-44(69)31-29-27-25-23-21-19-17-15-13-11-9-7-5-2)36-78-58-51(75)49(73)54(42(34-65)81-58)83-59-52(76)50(74)55(43(35-66)82-59)84-60-53(77)56(47(71)41(33-64)80-60)85-57-45(61-37(3)67)48(72)46(70)40(32-63)79-57/h28,30,38-43,45-60,63-66,68,70-77H,4-27,29,31-36H2,1-3H3,(H,61,67)(H,62,69). The number of carbonyl (C=O) groups is 2. The molecule has 0 aromatic heterocycles. The fourth-order valence-electron chi connectivity index (χ4n) is 11.4. The van der Waals surface area contributed by atoms with Crippen molar-refractivity contribution >= 4 is 11.8 Å². The molecule has 0 bridgehead atoms. The van der Waals surface area contributed by atoms with Crippen LogP contribution in [0.2, 0.25) is 0 Å². The van der Waals surface area contributed by atoms with Crippen LogP contribution in [0.4, 0.5) is 0 Å². The van der Waals surface area contributed by atoms with Gasteiger partial charge < -0.3 is 115 Å². The minimum Gasteiger partial charge on any atom is -0.394 e. The van der Waals surface area contributed by atoms with Crippen molar-refractivity contribution in [3.05, 3.63) is 12.2 Å². The molecule has 0 saturated carbocycles. The molecule has 0 aliphatic carbocycles. The lowest BCUT2D eigenvalue weighted by Crippen LogP contribution is -2.69. The molecule has 4 fully saturated rings. The molecule has 0 aromatic rings. The molecule has 498 valence electrons. The van der Waals surface area contributed by atoms with Crippen molar-refractivity contribution in [1.82, 2.24) is 10.6 Å². The van der Waals surface area contributed by atoms with Gasteiger partial charge in [0.1, 0.15) is 97.6 Å². The van der Waals surface area contributed by atoms with E-state index >= 15 is 0 Å². The van der Waals surface area contributed by atoms with Gasteiger partial charge in [0.25, 0.3) is 0 Å². The number of hydrogen-bond donors (Lipinski definition) is 15. The topological polar surface area (TPSA) is 395 Å². The second-order valence-electron chi connectivity index (χ2n) is 23.6. The highest BCUT2D eigenvalue weighted by Gasteiger charge is 2.56. The predicted octanol–water partition coefficient (Wildman–Crippen LogP) is 1.00. The van der Waals surface area contributed by atoms with Crippen molar-refractivity contribution in [3.8, 4) is 0 Å². The van der Waals surface area contributed by atoms with Crippen LogP contribution in [0.1, 0.15) is 188 Å². The maximum absolute atomic E-state index is 13.3. The molecule has 4 aliphatic rings. The highest BCUT2D eigenvalue weighted by molar-refractivity contribution is 5.76. The lowest BCUT2D eigenvalue weighted by Gasteiger charge is -2.49. The van der Waals surface area contributed by atoms with E-state index in [4.69, 9.17) is 37.9 Å². The number of unbranched alkanes of at least 4 members (excludes halogenated alkanes) is 23. The quantitative estimate of drug-likeness (QED) is 0.0299. The first kappa shape index (κ1) is 75.3. The maximum atomic E-state index is 13.3. The van der Waals surface area contributed by atoms with Crippen LogP contribution < -0.4 is 10.6 Å². The molecule has 15 N–H and O–H groups in total. The first-order chi connectivity index (χ1) is 41.0. The predicted molar refractivity (Wildman–Crippen MR) is 308 cm³/mol. The Hall–Kier alpha value is -2.16. The van der Waals surface area contributed by atoms with Crippen molar-refractivity contribution in [3.63, 3.8) is 0 Å². The molecule has 22 atom stereocenters. The van der Waals surface area contributed by atoms with Crippen LogP contribution in [0.15, 0.2) is 12.2 Å². The summed E-state index contributed by atoms with van der Waals surface area (Å²) in [6.45, 7) is 1.60. The van der Waals surface area contributed by atoms with Gasteiger partial charge in [-0.05, 0) is 19.3 Å². The number of rotatable bonds is 43. The summed E-state index contributed by atoms with van der Waals surface area (Å²) in [5.41, 5.74) is 0. The molecule has 2 amide bonds. The van der Waals surface area contributed by atoms with Crippen LogP contribution in [0.3, 0.4) is 0 Å². The number of aliphatic hydroxyl groups is 13. The fourth-order valence-corrected chi connectivity index (χ4v) is 11.4. The van der Waals surface area contributed by atoms with E-state index in [9.17, 15) is 76.0 Å². The van der Waals surface area contributed by atoms with E-state index in [1.165, 1.54) is 103 Å². The second-order valence-corrected chi connectivity index (χ2v) is 23.6. The zero-order valence-corrected chi connectivity index (χ0v) is 50.7. The maximum Gasteiger partial charge on any atom is 0.220 e. The normalized spacial score (nSPS) is 34.4. The summed E-state index contributed by atoms with van der Waals surface area (Å²) < 4.78 is 46.4. The van der Waals surface area contributed by atoms with Crippen molar-refractivity contribution in [2.75, 3.05) is 33.0 Å². The highest BCUT2D eigenvalue weighted by Crippen LogP contribution is 2.35. The van der Waals surface area contributed by atoms with E-state index in [0.29, 0.717) is 12.8 Å². The third-order valence-electron chi connectivity index (χ3n) is 16.6. The van der Waals surface area contributed by atoms with Gasteiger partial charge in [-0.25, -0.2) is 0 Å². The van der Waals surface area contributed by atoms with Gasteiger partial charge >= 0.3 is 0 Å². The monoisotopic (exact) mass is 1230 g/mol. The molecule has 4 rings (SSSR count). The van der Waals surface area contributed by atoms with Gasteiger partial charge in [-0.3, -0.25) is 9.59 Å². The van der Waals surface area contributed by atoms with Crippen molar-refractivity contribution in [2.24, 2.45) is 0 Å². The molecule has 4 heterocycles. The summed E-state index contributed by atoms with van der Waals surface area (Å²) in [4.78, 5) is 25.4. The van der Waals surface area contributed by atoms with E-state index in [2.05, 4.69) is 24.5 Å². The molecular formula is C60H110N2O23. The molecule has 22 unspecified atom stereocenters. The van der Waals surface area contributed by atoms with Crippen LogP contribution in [0.5, 0.6) is 0 Å². The van der Waals surface area contributed by atoms with Crippen LogP contribution in [-0.2, 0) is 47.5 Å². The smallest absolute Gasteiger partial charge is 0.220 e. The summed E-state index contributed by atoms with van der Waals surface area (Å²) in [5, 5.41) is 147. The van der Waals surface area contributed by atoms with E-state index in [1.54, 1.807) is 6.08 Å². The number of nitrogens with one attached hydrogen (secondary N) is 2. The van der Waals surface area contributed by atoms with Crippen LogP contribution in [-0.4, -0.2) is 246 Å². The molecule has 0 radical (unpaired) electrons. The first-order valence-corrected chi connectivity index (χ1v) is 31.9. The number of amides is 2. The molecule has 0 aromatic carbocycles. The molecule has 4 aliphatic heterocycles. The van der Waals surface area contributed by atoms with Crippen LogP contribution in [0.25, 0.3) is 0 Å². The van der Waals surface area contributed by atoms with Crippen LogP contribution >= 0.6 is 0 Å². The number of hydrogen-bond acceptors (Lipinski definition) is 23. The molecule has 4 saturated heterocycles. The SMILES string of the molecule is CCCCCCCCCCCCCC=CC(O)C(COC1OC(CO)C(OC2OC(CO)C(OC3OC(CO)C(O)C(OC4OC(CO)C(O)C(O)C4NC(C)=O)C3O)C(O)C2O)C(O)C1O)NC(=O)CCCCCCCCCCCCCCC. The lowest BCUT2D eigenvalue weighted by molar-refractivity contribution is -0.386. The van der Waals surface area contributed by atoms with Crippen molar-refractivity contribution in [2.45, 2.75) is 323 Å². The Labute approximate surface area is 502 Å². The molecule has 25 heteroatoms. The molecule has 25 nitrogen and oxygen atoms in total. The third-order valence-corrected chi connectivity index (χ3v) is 16.6. The number of aliphatic hydroxyl groups excluding tert-OH is 13. The largest absolute Gasteiger partial charge is 0.394 e. The Kier molecular flexibility index (Phi) is 37.2. The van der Waals surface area contributed by atoms with Gasteiger partial charge in [-0.15, -0.1) is 0 Å². The van der Waals surface area contributed by atoms with E-state index in [0.717, 1.165) is 51.9 Å². The third kappa shape index (κ3) is 24.9. The summed E-state index contributed by atoms with van der Waals surface area (Å²) in [6.07, 6.45) is -2.78. The molecule has 85 heavy (non-hydrogen) atoms. The Morgan fingerprint density at radius 3 is 1.34 bits per heavy atom. The van der Waals surface area contributed by atoms with Gasteiger partial charge in [0.05, 0.1) is 45.2 Å². The Bertz CT molecular complexity index is 1790. The van der Waals surface area contributed by atoms with E-state index < -0.39 is 174 Å². The number of allylic oxidation sites excluding steroid dienone is 1. The summed E-state index contributed by atoms with van der Waals surface area (Å²) in [5.74, 6) is -1.00. The minimum atomic E-state index is -2.09. The van der Waals surface area contributed by atoms with Gasteiger partial charge in [0.2, 0.25) is 11.8 Å². The van der Waals surface area contributed by atoms with E-state index in [-0.39, 0.29) is 12.3 Å². The Balaban J connectivity index is 1.35. The lowest BCUT2D eigenvalue weighted by atomic mass is 9.95. The van der Waals surface area contributed by atoms with Crippen molar-refractivity contribution in [1.29, 1.82) is 0 Å². The first-order valence-electron chi connectivity index (χ1n) is 31.9. The summed E-state index contributed by atoms with van der Waals surface area (Å²) in [7, 11) is 0. The average molecular weight is 1230 g/mol. The fraction of sp³-hybridized carbons (Fsp3) is 0.933. The zero-order chi connectivity index (χ0) is 62.3. The average Bonchev–Trinajstić information content (AvgIpc) is 1.93. The molecular weight excluding hydrogens is 1120 g/mol. The minimum absolute atomic E-state index is 0.218.